The molecule has 1 aromatic carbocycles. The third-order valence-electron chi connectivity index (χ3n) is 3.37. The van der Waals surface area contributed by atoms with Gasteiger partial charge in [0.2, 0.25) is 5.91 Å². The lowest BCUT2D eigenvalue weighted by Crippen LogP contribution is -2.32. The van der Waals surface area contributed by atoms with Crippen LogP contribution >= 0.6 is 11.6 Å². The Morgan fingerprint density at radius 2 is 2.29 bits per heavy atom. The third kappa shape index (κ3) is 5.91. The molecule has 2 rings (SSSR count). The van der Waals surface area contributed by atoms with Crippen LogP contribution in [0.15, 0.2) is 18.2 Å². The number of anilines is 2. The van der Waals surface area contributed by atoms with Crippen LogP contribution in [0.4, 0.5) is 11.4 Å². The molecule has 0 aliphatic heterocycles. The van der Waals surface area contributed by atoms with Gasteiger partial charge in [0.15, 0.2) is 0 Å². The van der Waals surface area contributed by atoms with Gasteiger partial charge in [-0.25, -0.2) is 0 Å². The fourth-order valence-corrected chi connectivity index (χ4v) is 2.08. The van der Waals surface area contributed by atoms with E-state index >= 15 is 0 Å². The summed E-state index contributed by atoms with van der Waals surface area (Å²) in [6.07, 6.45) is 2.58. The molecule has 0 aromatic heterocycles. The topological polar surface area (TPSA) is 67.6 Å². The molecule has 1 aliphatic rings. The van der Waals surface area contributed by atoms with E-state index in [0.29, 0.717) is 29.5 Å². The monoisotopic (exact) mass is 311 g/mol. The van der Waals surface area contributed by atoms with Crippen molar-refractivity contribution in [1.29, 1.82) is 0 Å². The number of rotatable bonds is 8. The first-order valence-corrected chi connectivity index (χ1v) is 7.53. The van der Waals surface area contributed by atoms with Crippen LogP contribution in [0.3, 0.4) is 0 Å². The van der Waals surface area contributed by atoms with Crippen LogP contribution in [-0.2, 0) is 9.53 Å². The van der Waals surface area contributed by atoms with Crippen molar-refractivity contribution in [2.75, 3.05) is 44.4 Å². The summed E-state index contributed by atoms with van der Waals surface area (Å²) in [6, 6.07) is 5.01. The van der Waals surface area contributed by atoms with E-state index in [0.717, 1.165) is 19.1 Å². The minimum absolute atomic E-state index is 0.117. The van der Waals surface area contributed by atoms with Crippen LogP contribution in [0, 0.1) is 5.92 Å². The number of nitrogens with zero attached hydrogens (tertiary/aromatic N) is 1. The molecule has 1 fully saturated rings. The number of ether oxygens (including phenoxy) is 1. The van der Waals surface area contributed by atoms with Crippen molar-refractivity contribution in [3.05, 3.63) is 23.2 Å². The van der Waals surface area contributed by atoms with Crippen LogP contribution in [0.5, 0.6) is 0 Å². The standard InChI is InChI=1S/C15H22ClN3O2/c1-19(6-7-21-10-11-2-3-11)9-15(20)18-14-8-12(16)4-5-13(14)17/h4-5,8,11H,2-3,6-7,9-10,17H2,1H3,(H,18,20). The first kappa shape index (κ1) is 16.1. The van der Waals surface area contributed by atoms with Crippen molar-refractivity contribution in [3.8, 4) is 0 Å². The lowest BCUT2D eigenvalue weighted by molar-refractivity contribution is -0.117. The average molecular weight is 312 g/mol. The number of nitrogens with two attached hydrogens (primary N) is 1. The zero-order valence-corrected chi connectivity index (χ0v) is 13.0. The number of benzene rings is 1. The Hall–Kier alpha value is -1.30. The SMILES string of the molecule is CN(CCOCC1CC1)CC(=O)Nc1cc(Cl)ccc1N. The normalized spacial score (nSPS) is 14.4. The van der Waals surface area contributed by atoms with E-state index in [-0.39, 0.29) is 5.91 Å². The molecule has 116 valence electrons. The van der Waals surface area contributed by atoms with Gasteiger partial charge in [0, 0.05) is 18.2 Å². The molecule has 0 heterocycles. The summed E-state index contributed by atoms with van der Waals surface area (Å²) < 4.78 is 5.55. The van der Waals surface area contributed by atoms with Crippen molar-refractivity contribution >= 4 is 28.9 Å². The van der Waals surface area contributed by atoms with Gasteiger partial charge < -0.3 is 15.8 Å². The molecule has 5 nitrogen and oxygen atoms in total. The highest BCUT2D eigenvalue weighted by atomic mass is 35.5. The van der Waals surface area contributed by atoms with Gasteiger partial charge in [0.05, 0.1) is 24.5 Å². The van der Waals surface area contributed by atoms with Crippen LogP contribution in [0.1, 0.15) is 12.8 Å². The summed E-state index contributed by atoms with van der Waals surface area (Å²) in [6.45, 7) is 2.52. The zero-order chi connectivity index (χ0) is 15.2. The summed E-state index contributed by atoms with van der Waals surface area (Å²) in [5, 5.41) is 3.31. The zero-order valence-electron chi connectivity index (χ0n) is 12.3. The van der Waals surface area contributed by atoms with E-state index in [1.54, 1.807) is 18.2 Å². The number of carbonyl (C=O) groups excluding carboxylic acids is 1. The smallest absolute Gasteiger partial charge is 0.238 e. The minimum Gasteiger partial charge on any atom is -0.397 e. The minimum atomic E-state index is -0.117. The van der Waals surface area contributed by atoms with Crippen molar-refractivity contribution in [2.24, 2.45) is 5.92 Å². The summed E-state index contributed by atoms with van der Waals surface area (Å²) in [4.78, 5) is 13.9. The van der Waals surface area contributed by atoms with Gasteiger partial charge in [-0.15, -0.1) is 0 Å². The second-order valence-electron chi connectivity index (χ2n) is 5.54. The molecule has 0 unspecified atom stereocenters. The predicted molar refractivity (Wildman–Crippen MR) is 85.5 cm³/mol. The van der Waals surface area contributed by atoms with E-state index in [4.69, 9.17) is 22.1 Å². The Kier molecular flexibility index (Phi) is 5.85. The molecule has 1 aliphatic carbocycles. The maximum Gasteiger partial charge on any atom is 0.238 e. The number of hydrogen-bond acceptors (Lipinski definition) is 4. The second kappa shape index (κ2) is 7.64. The van der Waals surface area contributed by atoms with Crippen molar-refractivity contribution in [1.82, 2.24) is 4.90 Å². The Balaban J connectivity index is 1.68. The van der Waals surface area contributed by atoms with E-state index in [1.165, 1.54) is 12.8 Å². The number of likely N-dealkylation sites (N-methyl/N-ethyl adjacent to an activating group) is 1. The maximum atomic E-state index is 11.9. The molecule has 1 amide bonds. The second-order valence-corrected chi connectivity index (χ2v) is 5.97. The molecule has 0 radical (unpaired) electrons. The van der Waals surface area contributed by atoms with Gasteiger partial charge in [-0.3, -0.25) is 9.69 Å². The molecule has 21 heavy (non-hydrogen) atoms. The van der Waals surface area contributed by atoms with E-state index < -0.39 is 0 Å². The first-order chi connectivity index (χ1) is 10.0. The molecule has 0 atom stereocenters. The summed E-state index contributed by atoms with van der Waals surface area (Å²) in [5.74, 6) is 0.651. The highest BCUT2D eigenvalue weighted by Crippen LogP contribution is 2.28. The Labute approximate surface area is 130 Å². The lowest BCUT2D eigenvalue weighted by Gasteiger charge is -2.16. The van der Waals surface area contributed by atoms with Crippen LogP contribution in [0.2, 0.25) is 5.02 Å². The fourth-order valence-electron chi connectivity index (χ4n) is 1.91. The highest BCUT2D eigenvalue weighted by molar-refractivity contribution is 6.31. The van der Waals surface area contributed by atoms with Crippen LogP contribution in [0.25, 0.3) is 0 Å². The van der Waals surface area contributed by atoms with Crippen molar-refractivity contribution in [3.63, 3.8) is 0 Å². The number of nitrogens with one attached hydrogen (secondary N) is 1. The average Bonchev–Trinajstić information content (AvgIpc) is 3.23. The number of carbonyl (C=O) groups is 1. The molecule has 1 saturated carbocycles. The number of nitrogen functional groups attached to an aromatic ring is 1. The molecule has 3 N–H and O–H groups in total. The van der Waals surface area contributed by atoms with Crippen LogP contribution in [-0.4, -0.2) is 44.2 Å². The largest absolute Gasteiger partial charge is 0.397 e. The lowest BCUT2D eigenvalue weighted by atomic mass is 10.2. The Bertz CT molecular complexity index is 492. The summed E-state index contributed by atoms with van der Waals surface area (Å²) in [5.41, 5.74) is 6.84. The van der Waals surface area contributed by atoms with Gasteiger partial charge in [-0.1, -0.05) is 11.6 Å². The van der Waals surface area contributed by atoms with Crippen molar-refractivity contribution < 1.29 is 9.53 Å². The summed E-state index contributed by atoms with van der Waals surface area (Å²) >= 11 is 5.89. The fraction of sp³-hybridized carbons (Fsp3) is 0.533. The third-order valence-corrected chi connectivity index (χ3v) is 3.61. The Morgan fingerprint density at radius 3 is 3.00 bits per heavy atom. The van der Waals surface area contributed by atoms with Crippen LogP contribution < -0.4 is 11.1 Å². The molecule has 0 bridgehead atoms. The first-order valence-electron chi connectivity index (χ1n) is 7.16. The Morgan fingerprint density at radius 1 is 1.52 bits per heavy atom. The van der Waals surface area contributed by atoms with Crippen molar-refractivity contribution in [2.45, 2.75) is 12.8 Å². The quantitative estimate of drug-likeness (QED) is 0.570. The molecule has 1 aromatic rings. The predicted octanol–water partition coefficient (Wildman–Crippen LogP) is 2.22. The number of halogens is 1. The van der Waals surface area contributed by atoms with Gasteiger partial charge >= 0.3 is 0 Å². The van der Waals surface area contributed by atoms with Gasteiger partial charge in [0.25, 0.3) is 0 Å². The van der Waals surface area contributed by atoms with Gasteiger partial charge in [0.1, 0.15) is 0 Å². The number of amides is 1. The van der Waals surface area contributed by atoms with E-state index in [1.807, 2.05) is 11.9 Å². The molecule has 6 heteroatoms. The van der Waals surface area contributed by atoms with E-state index in [9.17, 15) is 4.79 Å². The molecular weight excluding hydrogens is 290 g/mol. The summed E-state index contributed by atoms with van der Waals surface area (Å²) in [7, 11) is 1.89. The van der Waals surface area contributed by atoms with E-state index in [2.05, 4.69) is 5.32 Å². The maximum absolute atomic E-state index is 11.9. The highest BCUT2D eigenvalue weighted by Gasteiger charge is 2.21. The molecule has 0 spiro atoms. The number of hydrogen-bond donors (Lipinski definition) is 2. The van der Waals surface area contributed by atoms with Gasteiger partial charge in [-0.05, 0) is 44.0 Å². The van der Waals surface area contributed by atoms with Gasteiger partial charge in [-0.2, -0.15) is 0 Å². The molecular formula is C15H22ClN3O2. The molecule has 0 saturated heterocycles.